The third kappa shape index (κ3) is 5.36. The lowest BCUT2D eigenvalue weighted by molar-refractivity contribution is -0.115. The van der Waals surface area contributed by atoms with E-state index in [1.54, 1.807) is 17.8 Å². The highest BCUT2D eigenvalue weighted by atomic mass is 35.5. The Labute approximate surface area is 159 Å². The van der Waals surface area contributed by atoms with E-state index in [0.29, 0.717) is 10.9 Å². The molecule has 1 unspecified atom stereocenters. The minimum atomic E-state index is -3.66. The molecule has 5 nitrogen and oxygen atoms in total. The summed E-state index contributed by atoms with van der Waals surface area (Å²) in [4.78, 5) is 12.4. The lowest BCUT2D eigenvalue weighted by Gasteiger charge is -2.24. The van der Waals surface area contributed by atoms with E-state index >= 15 is 0 Å². The van der Waals surface area contributed by atoms with Crippen LogP contribution < -0.4 is 5.32 Å². The van der Waals surface area contributed by atoms with Gasteiger partial charge in [-0.05, 0) is 38.0 Å². The number of carbonyl (C=O) groups is 1. The molecule has 0 spiro atoms. The van der Waals surface area contributed by atoms with Crippen molar-refractivity contribution in [1.82, 2.24) is 4.31 Å². The molecular weight excluding hydrogens is 380 g/mol. The van der Waals surface area contributed by atoms with Crippen LogP contribution >= 0.6 is 23.4 Å². The molecule has 1 aliphatic rings. The molecule has 1 aromatic rings. The van der Waals surface area contributed by atoms with Gasteiger partial charge in [0.2, 0.25) is 15.9 Å². The molecule has 0 heterocycles. The van der Waals surface area contributed by atoms with Crippen LogP contribution in [0.1, 0.15) is 39.0 Å². The molecule has 0 aromatic heterocycles. The molecule has 0 bridgehead atoms. The van der Waals surface area contributed by atoms with Gasteiger partial charge in [0.15, 0.2) is 0 Å². The summed E-state index contributed by atoms with van der Waals surface area (Å²) in [5.74, 6) is -0.119. The second-order valence-corrected chi connectivity index (χ2v) is 10.6. The third-order valence-electron chi connectivity index (χ3n) is 4.28. The van der Waals surface area contributed by atoms with Gasteiger partial charge in [0.05, 0.1) is 10.3 Å². The van der Waals surface area contributed by atoms with E-state index in [4.69, 9.17) is 11.6 Å². The van der Waals surface area contributed by atoms with Crippen molar-refractivity contribution in [3.63, 3.8) is 0 Å². The van der Waals surface area contributed by atoms with Crippen LogP contribution in [-0.4, -0.2) is 43.2 Å². The van der Waals surface area contributed by atoms with Gasteiger partial charge in [-0.15, -0.1) is 11.8 Å². The number of nitrogens with zero attached hydrogens (tertiary/aromatic N) is 1. The van der Waals surface area contributed by atoms with Crippen LogP contribution in [0.15, 0.2) is 23.1 Å². The maximum atomic E-state index is 12.4. The zero-order valence-corrected chi connectivity index (χ0v) is 17.2. The number of benzene rings is 1. The molecule has 140 valence electrons. The van der Waals surface area contributed by atoms with Gasteiger partial charge in [-0.1, -0.05) is 30.9 Å². The van der Waals surface area contributed by atoms with Crippen LogP contribution in [0.2, 0.25) is 5.02 Å². The van der Waals surface area contributed by atoms with Crippen LogP contribution in [0.25, 0.3) is 0 Å². The Hall–Kier alpha value is -0.760. The number of nitrogens with one attached hydrogen (secondary N) is 1. The quantitative estimate of drug-likeness (QED) is 0.778. The molecule has 0 radical (unpaired) electrons. The average Bonchev–Trinajstić information content (AvgIpc) is 2.57. The first-order chi connectivity index (χ1) is 11.7. The van der Waals surface area contributed by atoms with Crippen LogP contribution in [0, 0.1) is 0 Å². The van der Waals surface area contributed by atoms with Crippen molar-refractivity contribution in [2.24, 2.45) is 0 Å². The summed E-state index contributed by atoms with van der Waals surface area (Å²) in [5, 5.41) is 3.29. The Balaban J connectivity index is 2.08. The summed E-state index contributed by atoms with van der Waals surface area (Å²) in [6, 6.07) is 4.52. The molecule has 2 rings (SSSR count). The number of rotatable bonds is 6. The average molecular weight is 405 g/mol. The van der Waals surface area contributed by atoms with E-state index in [0.717, 1.165) is 17.1 Å². The highest BCUT2D eigenvalue weighted by molar-refractivity contribution is 8.01. The van der Waals surface area contributed by atoms with Crippen LogP contribution in [-0.2, 0) is 14.8 Å². The van der Waals surface area contributed by atoms with E-state index in [2.05, 4.69) is 5.32 Å². The monoisotopic (exact) mass is 404 g/mol. The first-order valence-electron chi connectivity index (χ1n) is 8.40. The number of amides is 1. The zero-order valence-electron chi connectivity index (χ0n) is 14.8. The molecule has 1 N–H and O–H groups in total. The van der Waals surface area contributed by atoms with Crippen molar-refractivity contribution in [3.05, 3.63) is 23.2 Å². The molecule has 1 atom stereocenters. The molecule has 1 saturated carbocycles. The number of anilines is 1. The number of hydrogen-bond acceptors (Lipinski definition) is 4. The highest BCUT2D eigenvalue weighted by Gasteiger charge is 2.24. The maximum absolute atomic E-state index is 12.4. The molecule has 0 aliphatic heterocycles. The number of halogens is 1. The molecule has 25 heavy (non-hydrogen) atoms. The van der Waals surface area contributed by atoms with Crippen molar-refractivity contribution >= 4 is 45.0 Å². The van der Waals surface area contributed by atoms with E-state index in [-0.39, 0.29) is 21.1 Å². The van der Waals surface area contributed by atoms with E-state index < -0.39 is 10.0 Å². The molecule has 1 amide bonds. The van der Waals surface area contributed by atoms with Crippen LogP contribution in [0.5, 0.6) is 0 Å². The summed E-state index contributed by atoms with van der Waals surface area (Å²) in [7, 11) is -0.775. The Morgan fingerprint density at radius 3 is 2.52 bits per heavy atom. The van der Waals surface area contributed by atoms with E-state index in [1.165, 1.54) is 45.5 Å². The number of sulfonamides is 1. The lowest BCUT2D eigenvalue weighted by Crippen LogP contribution is -2.26. The molecule has 1 aliphatic carbocycles. The lowest BCUT2D eigenvalue weighted by atomic mass is 10.0. The maximum Gasteiger partial charge on any atom is 0.244 e. The predicted octanol–water partition coefficient (Wildman–Crippen LogP) is 3.98. The van der Waals surface area contributed by atoms with E-state index in [9.17, 15) is 13.2 Å². The fourth-order valence-corrected chi connectivity index (χ4v) is 5.53. The SMILES string of the molecule is CC(SC1CCCCC1)C(=O)Nc1ccc(Cl)c(S(=O)(=O)N(C)C)c1. The summed E-state index contributed by atoms with van der Waals surface area (Å²) in [6.45, 7) is 1.89. The van der Waals surface area contributed by atoms with Gasteiger partial charge in [-0.2, -0.15) is 0 Å². The van der Waals surface area contributed by atoms with Gasteiger partial charge in [0.25, 0.3) is 0 Å². The van der Waals surface area contributed by atoms with Gasteiger partial charge in [-0.25, -0.2) is 12.7 Å². The summed E-state index contributed by atoms with van der Waals surface area (Å²) < 4.78 is 25.7. The van der Waals surface area contributed by atoms with Gasteiger partial charge < -0.3 is 5.32 Å². The third-order valence-corrected chi connectivity index (χ3v) is 8.05. The van der Waals surface area contributed by atoms with Crippen molar-refractivity contribution < 1.29 is 13.2 Å². The second-order valence-electron chi connectivity index (χ2n) is 6.46. The Kier molecular flexibility index (Phi) is 7.19. The Morgan fingerprint density at radius 2 is 1.92 bits per heavy atom. The van der Waals surface area contributed by atoms with Gasteiger partial charge in [0.1, 0.15) is 4.90 Å². The molecule has 1 fully saturated rings. The predicted molar refractivity (Wildman–Crippen MR) is 105 cm³/mol. The summed E-state index contributed by atoms with van der Waals surface area (Å²) in [6.07, 6.45) is 6.07. The van der Waals surface area contributed by atoms with Crippen LogP contribution in [0.3, 0.4) is 0 Å². The second kappa shape index (κ2) is 8.75. The van der Waals surface area contributed by atoms with Gasteiger partial charge >= 0.3 is 0 Å². The van der Waals surface area contributed by atoms with Crippen molar-refractivity contribution in [2.75, 3.05) is 19.4 Å². The van der Waals surface area contributed by atoms with Crippen LogP contribution in [0.4, 0.5) is 5.69 Å². The van der Waals surface area contributed by atoms with E-state index in [1.807, 2.05) is 6.92 Å². The first-order valence-corrected chi connectivity index (χ1v) is 11.2. The topological polar surface area (TPSA) is 66.5 Å². The Bertz CT molecular complexity index is 717. The number of hydrogen-bond donors (Lipinski definition) is 1. The molecular formula is C17H25ClN2O3S2. The fourth-order valence-electron chi connectivity index (χ4n) is 2.77. The fraction of sp³-hybridized carbons (Fsp3) is 0.588. The highest BCUT2D eigenvalue weighted by Crippen LogP contribution is 2.32. The largest absolute Gasteiger partial charge is 0.325 e. The molecule has 1 aromatic carbocycles. The number of carbonyl (C=O) groups excluding carboxylic acids is 1. The normalized spacial score (nSPS) is 17.5. The smallest absolute Gasteiger partial charge is 0.244 e. The molecule has 0 saturated heterocycles. The van der Waals surface area contributed by atoms with Crippen molar-refractivity contribution in [1.29, 1.82) is 0 Å². The minimum Gasteiger partial charge on any atom is -0.325 e. The van der Waals surface area contributed by atoms with Gasteiger partial charge in [-0.3, -0.25) is 4.79 Å². The Morgan fingerprint density at radius 1 is 1.28 bits per heavy atom. The standard InChI is InChI=1S/C17H25ClN2O3S2/c1-12(24-14-7-5-4-6-8-14)17(21)19-13-9-10-15(18)16(11-13)25(22,23)20(2)3/h9-12,14H,4-8H2,1-3H3,(H,19,21). The van der Waals surface area contributed by atoms with Crippen molar-refractivity contribution in [2.45, 2.75) is 54.4 Å². The minimum absolute atomic E-state index is 0.00967. The molecule has 8 heteroatoms. The van der Waals surface area contributed by atoms with Gasteiger partial charge in [0, 0.05) is 25.0 Å². The van der Waals surface area contributed by atoms with Crippen molar-refractivity contribution in [3.8, 4) is 0 Å². The number of thioether (sulfide) groups is 1. The summed E-state index contributed by atoms with van der Waals surface area (Å²) >= 11 is 7.73. The first kappa shape index (κ1) is 20.6. The zero-order chi connectivity index (χ0) is 18.6. The summed E-state index contributed by atoms with van der Waals surface area (Å²) in [5.41, 5.74) is 0.436.